The predicted molar refractivity (Wildman–Crippen MR) is 83.9 cm³/mol. The molecule has 0 spiro atoms. The van der Waals surface area contributed by atoms with Gasteiger partial charge in [0.15, 0.2) is 10.8 Å². The Hall–Kier alpha value is -1.50. The highest BCUT2D eigenvalue weighted by molar-refractivity contribution is 7.99. The SMILES string of the molecule is CCn1nc(C)c2nc(SCC(=O)O)n(C(C)(C)CC)c21. The van der Waals surface area contributed by atoms with E-state index >= 15 is 0 Å². The Labute approximate surface area is 128 Å². The van der Waals surface area contributed by atoms with Gasteiger partial charge in [0, 0.05) is 12.1 Å². The van der Waals surface area contributed by atoms with Crippen molar-refractivity contribution in [3.05, 3.63) is 5.69 Å². The number of imidazole rings is 1. The van der Waals surface area contributed by atoms with Gasteiger partial charge in [-0.15, -0.1) is 0 Å². The molecule has 2 rings (SSSR count). The van der Waals surface area contributed by atoms with Crippen molar-refractivity contribution in [2.24, 2.45) is 0 Å². The van der Waals surface area contributed by atoms with Crippen LogP contribution in [0.4, 0.5) is 0 Å². The molecule has 7 heteroatoms. The van der Waals surface area contributed by atoms with Crippen molar-refractivity contribution in [2.45, 2.75) is 58.3 Å². The zero-order valence-corrected chi connectivity index (χ0v) is 14.0. The van der Waals surface area contributed by atoms with E-state index in [4.69, 9.17) is 5.11 Å². The van der Waals surface area contributed by atoms with E-state index in [0.29, 0.717) is 0 Å². The van der Waals surface area contributed by atoms with Gasteiger partial charge in [0.25, 0.3) is 0 Å². The quantitative estimate of drug-likeness (QED) is 0.831. The number of aryl methyl sites for hydroxylation is 2. The molecule has 0 saturated heterocycles. The van der Waals surface area contributed by atoms with Gasteiger partial charge in [0.05, 0.1) is 11.4 Å². The molecule has 0 aliphatic carbocycles. The first kappa shape index (κ1) is 15.9. The van der Waals surface area contributed by atoms with Crippen LogP contribution in [-0.2, 0) is 16.9 Å². The highest BCUT2D eigenvalue weighted by Crippen LogP contribution is 2.33. The second kappa shape index (κ2) is 5.71. The minimum atomic E-state index is -0.832. The van der Waals surface area contributed by atoms with Gasteiger partial charge in [-0.2, -0.15) is 5.10 Å². The fourth-order valence-electron chi connectivity index (χ4n) is 2.30. The predicted octanol–water partition coefficient (Wildman–Crippen LogP) is 2.88. The van der Waals surface area contributed by atoms with Crippen molar-refractivity contribution in [1.29, 1.82) is 0 Å². The maximum Gasteiger partial charge on any atom is 0.313 e. The van der Waals surface area contributed by atoms with Crippen LogP contribution in [-0.4, -0.2) is 36.2 Å². The van der Waals surface area contributed by atoms with Crippen LogP contribution in [0.1, 0.15) is 39.8 Å². The molecule has 116 valence electrons. The van der Waals surface area contributed by atoms with Crippen LogP contribution >= 0.6 is 11.8 Å². The van der Waals surface area contributed by atoms with Crippen molar-refractivity contribution < 1.29 is 9.90 Å². The third-order valence-corrected chi connectivity index (χ3v) is 4.70. The molecule has 0 atom stereocenters. The minimum Gasteiger partial charge on any atom is -0.481 e. The average Bonchev–Trinajstić information content (AvgIpc) is 2.94. The Morgan fingerprint density at radius 3 is 2.57 bits per heavy atom. The molecule has 0 aliphatic rings. The van der Waals surface area contributed by atoms with Gasteiger partial charge in [-0.05, 0) is 34.1 Å². The van der Waals surface area contributed by atoms with Crippen molar-refractivity contribution >= 4 is 28.9 Å². The number of carboxylic acids is 1. The smallest absolute Gasteiger partial charge is 0.313 e. The molecule has 0 aliphatic heterocycles. The molecule has 0 aromatic carbocycles. The average molecular weight is 310 g/mol. The topological polar surface area (TPSA) is 72.9 Å². The van der Waals surface area contributed by atoms with E-state index in [1.807, 2.05) is 18.5 Å². The summed E-state index contributed by atoms with van der Waals surface area (Å²) in [4.78, 5) is 15.5. The minimum absolute atomic E-state index is 0.0119. The van der Waals surface area contributed by atoms with Crippen molar-refractivity contribution in [3.63, 3.8) is 0 Å². The molecule has 2 heterocycles. The molecular formula is C14H22N4O2S. The summed E-state index contributed by atoms with van der Waals surface area (Å²) >= 11 is 1.27. The summed E-state index contributed by atoms with van der Waals surface area (Å²) in [5, 5.41) is 14.2. The van der Waals surface area contributed by atoms with Gasteiger partial charge < -0.3 is 5.11 Å². The van der Waals surface area contributed by atoms with E-state index in [2.05, 4.69) is 35.4 Å². The van der Waals surface area contributed by atoms with Gasteiger partial charge in [0.1, 0.15) is 5.52 Å². The van der Waals surface area contributed by atoms with E-state index < -0.39 is 5.97 Å². The molecule has 6 nitrogen and oxygen atoms in total. The fourth-order valence-corrected chi connectivity index (χ4v) is 3.17. The number of hydrogen-bond donors (Lipinski definition) is 1. The number of aromatic nitrogens is 4. The van der Waals surface area contributed by atoms with E-state index in [9.17, 15) is 4.79 Å². The number of nitrogens with zero attached hydrogens (tertiary/aromatic N) is 4. The number of carboxylic acid groups (broad SMARTS) is 1. The third-order valence-electron chi connectivity index (χ3n) is 3.78. The number of hydrogen-bond acceptors (Lipinski definition) is 4. The van der Waals surface area contributed by atoms with E-state index in [-0.39, 0.29) is 11.3 Å². The first-order valence-electron chi connectivity index (χ1n) is 7.12. The highest BCUT2D eigenvalue weighted by Gasteiger charge is 2.28. The van der Waals surface area contributed by atoms with Crippen LogP contribution in [0.25, 0.3) is 11.2 Å². The van der Waals surface area contributed by atoms with Crippen LogP contribution in [0.2, 0.25) is 0 Å². The number of fused-ring (bicyclic) bond motifs is 1. The number of carbonyl (C=O) groups is 1. The van der Waals surface area contributed by atoms with E-state index in [1.54, 1.807) is 0 Å². The van der Waals surface area contributed by atoms with Crippen LogP contribution in [0, 0.1) is 6.92 Å². The number of aliphatic carboxylic acids is 1. The monoisotopic (exact) mass is 310 g/mol. The van der Waals surface area contributed by atoms with Gasteiger partial charge in [-0.3, -0.25) is 9.36 Å². The molecule has 0 bridgehead atoms. The Morgan fingerprint density at radius 1 is 1.38 bits per heavy atom. The second-order valence-electron chi connectivity index (χ2n) is 5.65. The zero-order chi connectivity index (χ0) is 15.8. The molecule has 2 aromatic rings. The van der Waals surface area contributed by atoms with Crippen LogP contribution < -0.4 is 0 Å². The first-order valence-corrected chi connectivity index (χ1v) is 8.11. The lowest BCUT2D eigenvalue weighted by Gasteiger charge is -2.27. The Morgan fingerprint density at radius 2 is 2.05 bits per heavy atom. The number of rotatable bonds is 6. The molecule has 0 amide bonds. The van der Waals surface area contributed by atoms with Crippen molar-refractivity contribution in [1.82, 2.24) is 19.3 Å². The molecule has 2 aromatic heterocycles. The maximum absolute atomic E-state index is 10.9. The largest absolute Gasteiger partial charge is 0.481 e. The second-order valence-corrected chi connectivity index (χ2v) is 6.59. The summed E-state index contributed by atoms with van der Waals surface area (Å²) in [7, 11) is 0. The third kappa shape index (κ3) is 2.79. The van der Waals surface area contributed by atoms with Crippen LogP contribution in [0.15, 0.2) is 5.16 Å². The molecule has 1 N–H and O–H groups in total. The number of thioether (sulfide) groups is 1. The standard InChI is InChI=1S/C14H22N4O2S/c1-6-14(4,5)18-12-11(9(3)16-17(12)7-2)15-13(18)21-8-10(19)20/h6-8H2,1-5H3,(H,19,20). The van der Waals surface area contributed by atoms with Crippen LogP contribution in [0.3, 0.4) is 0 Å². The fraction of sp³-hybridized carbons (Fsp3) is 0.643. The van der Waals surface area contributed by atoms with E-state index in [1.165, 1.54) is 11.8 Å². The highest BCUT2D eigenvalue weighted by atomic mass is 32.2. The first-order chi connectivity index (χ1) is 9.81. The molecule has 0 fully saturated rings. The summed E-state index contributed by atoms with van der Waals surface area (Å²) < 4.78 is 4.08. The van der Waals surface area contributed by atoms with Gasteiger partial charge in [0.2, 0.25) is 0 Å². The normalized spacial score (nSPS) is 12.2. The summed E-state index contributed by atoms with van der Waals surface area (Å²) in [5.41, 5.74) is 2.59. The molecule has 21 heavy (non-hydrogen) atoms. The maximum atomic E-state index is 10.9. The summed E-state index contributed by atoms with van der Waals surface area (Å²) in [6.07, 6.45) is 0.924. The summed E-state index contributed by atoms with van der Waals surface area (Å²) in [6.45, 7) is 11.2. The summed E-state index contributed by atoms with van der Waals surface area (Å²) in [6, 6.07) is 0. The Kier molecular flexibility index (Phi) is 4.32. The van der Waals surface area contributed by atoms with Gasteiger partial charge >= 0.3 is 5.97 Å². The van der Waals surface area contributed by atoms with E-state index in [0.717, 1.165) is 35.0 Å². The molecular weight excluding hydrogens is 288 g/mol. The Balaban J connectivity index is 2.67. The van der Waals surface area contributed by atoms with Crippen molar-refractivity contribution in [3.8, 4) is 0 Å². The van der Waals surface area contributed by atoms with Gasteiger partial charge in [-0.25, -0.2) is 9.67 Å². The lowest BCUT2D eigenvalue weighted by Crippen LogP contribution is -2.27. The zero-order valence-electron chi connectivity index (χ0n) is 13.2. The molecule has 0 saturated carbocycles. The lowest BCUT2D eigenvalue weighted by molar-refractivity contribution is -0.133. The summed E-state index contributed by atoms with van der Waals surface area (Å²) in [5.74, 6) is -0.820. The molecule has 0 radical (unpaired) electrons. The lowest BCUT2D eigenvalue weighted by atomic mass is 10.0. The van der Waals surface area contributed by atoms with Crippen molar-refractivity contribution in [2.75, 3.05) is 5.75 Å². The van der Waals surface area contributed by atoms with Gasteiger partial charge in [-0.1, -0.05) is 18.7 Å². The Bertz CT molecular complexity index is 672. The molecule has 0 unspecified atom stereocenters. The van der Waals surface area contributed by atoms with Crippen LogP contribution in [0.5, 0.6) is 0 Å².